The molecule has 1 aromatic rings. The predicted octanol–water partition coefficient (Wildman–Crippen LogP) is 8.37. The summed E-state index contributed by atoms with van der Waals surface area (Å²) in [7, 11) is 1.69. The molecule has 4 heteroatoms. The lowest BCUT2D eigenvalue weighted by molar-refractivity contribution is -0.246. The van der Waals surface area contributed by atoms with E-state index in [0.29, 0.717) is 42.0 Å². The minimum atomic E-state index is -0.269. The van der Waals surface area contributed by atoms with Crippen LogP contribution >= 0.6 is 0 Å². The van der Waals surface area contributed by atoms with Gasteiger partial charge >= 0.3 is 0 Å². The molecule has 1 aromatic carbocycles. The predicted molar refractivity (Wildman–Crippen MR) is 175 cm³/mol. The second kappa shape index (κ2) is 10.6. The summed E-state index contributed by atoms with van der Waals surface area (Å²) in [6, 6.07) is 8.22. The number of nitrogens with one attached hydrogen (secondary N) is 1. The van der Waals surface area contributed by atoms with Crippen molar-refractivity contribution in [1.29, 1.82) is 0 Å². The molecule has 0 aliphatic heterocycles. The average molecular weight is 590 g/mol. The summed E-state index contributed by atoms with van der Waals surface area (Å²) < 4.78 is 5.32. The molecular weight excluding hydrogens is 530 g/mol. The molecule has 2 N–H and O–H groups in total. The number of allylic oxidation sites excluding steroid dienone is 1. The Hall–Kier alpha value is -1.81. The van der Waals surface area contributed by atoms with Gasteiger partial charge in [0.1, 0.15) is 5.75 Å². The van der Waals surface area contributed by atoms with Gasteiger partial charge in [-0.2, -0.15) is 0 Å². The van der Waals surface area contributed by atoms with Crippen LogP contribution < -0.4 is 10.1 Å². The lowest BCUT2D eigenvalue weighted by atomic mass is 9.32. The topological polar surface area (TPSA) is 58.6 Å². The Labute approximate surface area is 261 Å². The molecule has 4 nitrogen and oxygen atoms in total. The molecule has 5 aliphatic carbocycles. The van der Waals surface area contributed by atoms with E-state index in [2.05, 4.69) is 65.6 Å². The van der Waals surface area contributed by atoms with Gasteiger partial charge < -0.3 is 15.2 Å². The van der Waals surface area contributed by atoms with Crippen molar-refractivity contribution in [1.82, 2.24) is 5.32 Å². The zero-order valence-corrected chi connectivity index (χ0v) is 28.2. The van der Waals surface area contributed by atoms with Crippen LogP contribution in [0.15, 0.2) is 36.4 Å². The molecule has 0 aromatic heterocycles. The third kappa shape index (κ3) is 4.42. The SMILES string of the molecule is C=C(C)[C@@H]1CC[C@]2(C(=O)NCCc3ccc(OC)cc3)CC[C@]3(C)[C@H](CCC4[C@@]5(C)CC[C@H](O)C(C)(C)C5CC[C@]43C)C12. The first-order chi connectivity index (χ1) is 20.2. The number of carbonyl (C=O) groups excluding carboxylic acids is 1. The maximum absolute atomic E-state index is 14.4. The van der Waals surface area contributed by atoms with Crippen molar-refractivity contribution in [2.45, 2.75) is 118 Å². The Morgan fingerprint density at radius 3 is 2.30 bits per heavy atom. The second-order valence-corrected chi connectivity index (χ2v) is 17.1. The zero-order valence-electron chi connectivity index (χ0n) is 28.2. The normalized spacial score (nSPS) is 44.7. The molecule has 5 aliphatic rings. The van der Waals surface area contributed by atoms with E-state index in [4.69, 9.17) is 4.74 Å². The van der Waals surface area contributed by atoms with Gasteiger partial charge in [-0.15, -0.1) is 0 Å². The molecule has 5 saturated carbocycles. The first kappa shape index (κ1) is 31.2. The fourth-order valence-electron chi connectivity index (χ4n) is 12.8. The molecule has 0 radical (unpaired) electrons. The van der Waals surface area contributed by atoms with E-state index in [0.717, 1.165) is 50.7 Å². The third-order valence-electron chi connectivity index (χ3n) is 15.4. The fourth-order valence-corrected chi connectivity index (χ4v) is 12.8. The Kier molecular flexibility index (Phi) is 7.71. The maximum Gasteiger partial charge on any atom is 0.226 e. The number of hydrogen-bond donors (Lipinski definition) is 2. The molecule has 5 fully saturated rings. The van der Waals surface area contributed by atoms with Crippen molar-refractivity contribution in [3.05, 3.63) is 42.0 Å². The monoisotopic (exact) mass is 589 g/mol. The van der Waals surface area contributed by atoms with Gasteiger partial charge in [-0.1, -0.05) is 58.9 Å². The largest absolute Gasteiger partial charge is 0.497 e. The summed E-state index contributed by atoms with van der Waals surface area (Å²) in [6.07, 6.45) is 12.0. The summed E-state index contributed by atoms with van der Waals surface area (Å²) >= 11 is 0. The van der Waals surface area contributed by atoms with Crippen molar-refractivity contribution in [2.24, 2.45) is 56.7 Å². The van der Waals surface area contributed by atoms with Gasteiger partial charge in [0.05, 0.1) is 18.6 Å². The number of aliphatic hydroxyl groups excluding tert-OH is 1. The summed E-state index contributed by atoms with van der Waals surface area (Å²) in [5, 5.41) is 14.5. The number of benzene rings is 1. The Morgan fingerprint density at radius 2 is 1.63 bits per heavy atom. The van der Waals surface area contributed by atoms with E-state index >= 15 is 0 Å². The maximum atomic E-state index is 14.4. The molecule has 10 atom stereocenters. The van der Waals surface area contributed by atoms with Crippen LogP contribution in [0.4, 0.5) is 0 Å². The quantitative estimate of drug-likeness (QED) is 0.328. The van der Waals surface area contributed by atoms with Gasteiger partial charge in [-0.25, -0.2) is 0 Å². The third-order valence-corrected chi connectivity index (χ3v) is 15.4. The highest BCUT2D eigenvalue weighted by molar-refractivity contribution is 5.84. The first-order valence-electron chi connectivity index (χ1n) is 17.5. The minimum Gasteiger partial charge on any atom is -0.497 e. The van der Waals surface area contributed by atoms with Crippen LogP contribution in [0.3, 0.4) is 0 Å². The number of methoxy groups -OCH3 is 1. The van der Waals surface area contributed by atoms with Gasteiger partial charge in [0.15, 0.2) is 0 Å². The number of fused-ring (bicyclic) bond motifs is 7. The number of rotatable bonds is 6. The Bertz CT molecular complexity index is 1240. The molecule has 6 rings (SSSR count). The minimum absolute atomic E-state index is 0.0196. The smallest absolute Gasteiger partial charge is 0.226 e. The van der Waals surface area contributed by atoms with Crippen LogP contribution in [-0.4, -0.2) is 30.8 Å². The van der Waals surface area contributed by atoms with Gasteiger partial charge in [0, 0.05) is 6.54 Å². The Balaban J connectivity index is 1.27. The molecule has 238 valence electrons. The molecule has 0 bridgehead atoms. The van der Waals surface area contributed by atoms with E-state index in [1.165, 1.54) is 36.8 Å². The molecule has 43 heavy (non-hydrogen) atoms. The molecule has 3 unspecified atom stereocenters. The van der Waals surface area contributed by atoms with Gasteiger partial charge in [0.2, 0.25) is 5.91 Å². The molecule has 0 saturated heterocycles. The number of carbonyl (C=O) groups is 1. The number of amides is 1. The molecular formula is C39H59NO3. The van der Waals surface area contributed by atoms with Crippen molar-refractivity contribution < 1.29 is 14.6 Å². The van der Waals surface area contributed by atoms with Crippen LogP contribution in [0.1, 0.15) is 111 Å². The summed E-state index contributed by atoms with van der Waals surface area (Å²) in [5.74, 6) is 3.82. The van der Waals surface area contributed by atoms with Crippen LogP contribution in [-0.2, 0) is 11.2 Å². The number of aliphatic hydroxyl groups is 1. The Morgan fingerprint density at radius 1 is 0.907 bits per heavy atom. The lowest BCUT2D eigenvalue weighted by Crippen LogP contribution is -2.67. The highest BCUT2D eigenvalue weighted by Crippen LogP contribution is 2.77. The van der Waals surface area contributed by atoms with E-state index < -0.39 is 0 Å². The molecule has 1 amide bonds. The summed E-state index contributed by atoms with van der Waals surface area (Å²) in [5.41, 5.74) is 2.99. The highest BCUT2D eigenvalue weighted by Gasteiger charge is 2.71. The van der Waals surface area contributed by atoms with Crippen LogP contribution in [0.25, 0.3) is 0 Å². The van der Waals surface area contributed by atoms with Crippen molar-refractivity contribution >= 4 is 5.91 Å². The van der Waals surface area contributed by atoms with Gasteiger partial charge in [-0.3, -0.25) is 4.79 Å². The van der Waals surface area contributed by atoms with Crippen LogP contribution in [0.2, 0.25) is 0 Å². The van der Waals surface area contributed by atoms with E-state index in [1.807, 2.05) is 12.1 Å². The summed E-state index contributed by atoms with van der Waals surface area (Å²) in [4.78, 5) is 14.4. The van der Waals surface area contributed by atoms with E-state index in [9.17, 15) is 9.90 Å². The lowest BCUT2D eigenvalue weighted by Gasteiger charge is -2.72. The second-order valence-electron chi connectivity index (χ2n) is 17.1. The van der Waals surface area contributed by atoms with Crippen LogP contribution in [0.5, 0.6) is 5.75 Å². The summed E-state index contributed by atoms with van der Waals surface area (Å²) in [6.45, 7) is 20.0. The fraction of sp³-hybridized carbons (Fsp3) is 0.769. The van der Waals surface area contributed by atoms with Gasteiger partial charge in [0.25, 0.3) is 0 Å². The average Bonchev–Trinajstić information content (AvgIpc) is 3.37. The number of hydrogen-bond acceptors (Lipinski definition) is 3. The molecule has 0 heterocycles. The van der Waals surface area contributed by atoms with Crippen molar-refractivity contribution in [2.75, 3.05) is 13.7 Å². The zero-order chi connectivity index (χ0) is 31.0. The van der Waals surface area contributed by atoms with Crippen LogP contribution in [0, 0.1) is 56.7 Å². The number of ether oxygens (including phenoxy) is 1. The van der Waals surface area contributed by atoms with Crippen molar-refractivity contribution in [3.8, 4) is 5.75 Å². The van der Waals surface area contributed by atoms with E-state index in [-0.39, 0.29) is 33.2 Å². The first-order valence-corrected chi connectivity index (χ1v) is 17.5. The van der Waals surface area contributed by atoms with E-state index in [1.54, 1.807) is 7.11 Å². The highest BCUT2D eigenvalue weighted by atomic mass is 16.5. The standard InChI is InChI=1S/C39H59NO3/c1-25(2)28-15-21-39(34(42)40-24-18-26-9-11-27(43-8)12-10-26)23-22-37(6)29(33(28)39)13-14-31-36(5)19-17-32(41)35(3,4)30(36)16-20-38(31,37)7/h9-12,28-33,41H,1,13-24H2,2-8H3,(H,40,42)/t28-,29+,30?,31?,32-,33?,36-,37+,38+,39-/m0/s1. The van der Waals surface area contributed by atoms with Crippen molar-refractivity contribution in [3.63, 3.8) is 0 Å². The molecule has 0 spiro atoms. The van der Waals surface area contributed by atoms with Gasteiger partial charge in [-0.05, 0) is 146 Å².